The van der Waals surface area contributed by atoms with Crippen LogP contribution in [-0.4, -0.2) is 24.3 Å². The number of methoxy groups -OCH3 is 1. The number of carbonyl (C=O) groups is 1. The zero-order valence-electron chi connectivity index (χ0n) is 14.7. The summed E-state index contributed by atoms with van der Waals surface area (Å²) in [4.78, 5) is 25.1. The molecule has 3 rings (SSSR count). The predicted molar refractivity (Wildman–Crippen MR) is 92.9 cm³/mol. The summed E-state index contributed by atoms with van der Waals surface area (Å²) >= 11 is 0. The van der Waals surface area contributed by atoms with Gasteiger partial charge in [-0.2, -0.15) is 0 Å². The van der Waals surface area contributed by atoms with Crippen LogP contribution in [0.5, 0.6) is 5.75 Å². The van der Waals surface area contributed by atoms with Gasteiger partial charge in [0.15, 0.2) is 11.6 Å². The monoisotopic (exact) mass is 347 g/mol. The number of carbonyl (C=O) groups excluding carboxylic acids is 1. The molecular formula is C19H22FNO4. The van der Waals surface area contributed by atoms with Gasteiger partial charge in [0.25, 0.3) is 0 Å². The average molecular weight is 347 g/mol. The van der Waals surface area contributed by atoms with E-state index in [0.29, 0.717) is 11.1 Å². The first-order valence-corrected chi connectivity index (χ1v) is 8.58. The molecule has 1 aromatic heterocycles. The van der Waals surface area contributed by atoms with Crippen molar-refractivity contribution in [2.24, 2.45) is 0 Å². The van der Waals surface area contributed by atoms with Gasteiger partial charge >= 0.3 is 5.97 Å². The molecular weight excluding hydrogens is 325 g/mol. The van der Waals surface area contributed by atoms with Crippen LogP contribution >= 0.6 is 0 Å². The molecule has 0 radical (unpaired) electrons. The molecule has 1 fully saturated rings. The maximum Gasteiger partial charge on any atom is 0.343 e. The Balaban J connectivity index is 2.39. The first-order chi connectivity index (χ1) is 12.0. The van der Waals surface area contributed by atoms with E-state index in [1.807, 2.05) is 4.57 Å². The van der Waals surface area contributed by atoms with Crippen molar-refractivity contribution < 1.29 is 18.7 Å². The molecule has 0 atom stereocenters. The average Bonchev–Trinajstić information content (AvgIpc) is 3.12. The third-order valence-corrected chi connectivity index (χ3v) is 4.81. The number of ether oxygens (including phenoxy) is 2. The highest BCUT2D eigenvalue weighted by atomic mass is 19.1. The van der Waals surface area contributed by atoms with Gasteiger partial charge in [-0.15, -0.1) is 0 Å². The van der Waals surface area contributed by atoms with E-state index in [9.17, 15) is 14.0 Å². The molecule has 0 unspecified atom stereocenters. The topological polar surface area (TPSA) is 57.5 Å². The number of pyridine rings is 1. The van der Waals surface area contributed by atoms with E-state index in [-0.39, 0.29) is 29.3 Å². The highest BCUT2D eigenvalue weighted by Gasteiger charge is 2.26. The lowest BCUT2D eigenvalue weighted by molar-refractivity contribution is 0.0524. The van der Waals surface area contributed by atoms with Gasteiger partial charge in [0.2, 0.25) is 5.43 Å². The number of nitrogens with zero attached hydrogens (tertiary/aromatic N) is 1. The number of fused-ring (bicyclic) bond motifs is 1. The Kier molecular flexibility index (Phi) is 4.79. The molecule has 1 aliphatic rings. The lowest BCUT2D eigenvalue weighted by Gasteiger charge is -2.21. The van der Waals surface area contributed by atoms with Gasteiger partial charge < -0.3 is 14.0 Å². The maximum atomic E-state index is 14.6. The molecule has 0 spiro atoms. The van der Waals surface area contributed by atoms with Crippen molar-refractivity contribution >= 4 is 16.9 Å². The molecule has 6 heteroatoms. The van der Waals surface area contributed by atoms with Gasteiger partial charge in [-0.1, -0.05) is 12.8 Å². The summed E-state index contributed by atoms with van der Waals surface area (Å²) in [5.41, 5.74) is 0.245. The second kappa shape index (κ2) is 6.86. The Bertz CT molecular complexity index is 881. The van der Waals surface area contributed by atoms with Gasteiger partial charge in [0, 0.05) is 12.2 Å². The Morgan fingerprint density at radius 3 is 2.64 bits per heavy atom. The van der Waals surface area contributed by atoms with Crippen molar-refractivity contribution in [1.29, 1.82) is 0 Å². The molecule has 1 aliphatic carbocycles. The molecule has 0 amide bonds. The fourth-order valence-corrected chi connectivity index (χ4v) is 3.60. The van der Waals surface area contributed by atoms with Crippen LogP contribution in [0.3, 0.4) is 0 Å². The number of aromatic nitrogens is 1. The minimum absolute atomic E-state index is 0.0192. The van der Waals surface area contributed by atoms with E-state index in [2.05, 4.69) is 0 Å². The summed E-state index contributed by atoms with van der Waals surface area (Å²) in [6.07, 6.45) is 5.46. The molecule has 1 saturated carbocycles. The number of esters is 1. The molecule has 1 aromatic carbocycles. The Labute approximate surface area is 145 Å². The normalized spacial score (nSPS) is 14.9. The largest absolute Gasteiger partial charge is 0.492 e. The molecule has 0 N–H and O–H groups in total. The second-order valence-corrected chi connectivity index (χ2v) is 6.37. The zero-order chi connectivity index (χ0) is 18.1. The van der Waals surface area contributed by atoms with Crippen LogP contribution in [0.2, 0.25) is 0 Å². The van der Waals surface area contributed by atoms with Gasteiger partial charge in [0.1, 0.15) is 5.56 Å². The Hall–Kier alpha value is -2.37. The predicted octanol–water partition coefficient (Wildman–Crippen LogP) is 3.75. The molecule has 134 valence electrons. The number of rotatable bonds is 4. The smallest absolute Gasteiger partial charge is 0.343 e. The SMILES string of the molecule is CCOC(=O)c1cn(C2CCCC2)c2c(OC)c(F)c(C)cc2c1=O. The fourth-order valence-electron chi connectivity index (χ4n) is 3.60. The second-order valence-electron chi connectivity index (χ2n) is 6.37. The van der Waals surface area contributed by atoms with Gasteiger partial charge in [-0.05, 0) is 38.3 Å². The zero-order valence-corrected chi connectivity index (χ0v) is 14.7. The highest BCUT2D eigenvalue weighted by molar-refractivity contribution is 5.95. The first kappa shape index (κ1) is 17.5. The van der Waals surface area contributed by atoms with Crippen LogP contribution in [-0.2, 0) is 4.74 Å². The minimum Gasteiger partial charge on any atom is -0.492 e. The van der Waals surface area contributed by atoms with Crippen LogP contribution in [0, 0.1) is 12.7 Å². The highest BCUT2D eigenvalue weighted by Crippen LogP contribution is 2.37. The van der Waals surface area contributed by atoms with Gasteiger partial charge in [0.05, 0.1) is 24.6 Å². The quantitative estimate of drug-likeness (QED) is 0.791. The van der Waals surface area contributed by atoms with Gasteiger partial charge in [-0.25, -0.2) is 9.18 Å². The molecule has 0 saturated heterocycles. The van der Waals surface area contributed by atoms with E-state index in [4.69, 9.17) is 9.47 Å². The number of halogens is 1. The van der Waals surface area contributed by atoms with E-state index < -0.39 is 17.2 Å². The van der Waals surface area contributed by atoms with Crippen molar-refractivity contribution in [3.05, 3.63) is 39.4 Å². The van der Waals surface area contributed by atoms with E-state index in [1.165, 1.54) is 19.4 Å². The van der Waals surface area contributed by atoms with Crippen LogP contribution < -0.4 is 10.2 Å². The summed E-state index contributed by atoms with van der Waals surface area (Å²) in [5.74, 6) is -1.08. The summed E-state index contributed by atoms with van der Waals surface area (Å²) in [6.45, 7) is 3.45. The number of benzene rings is 1. The lowest BCUT2D eigenvalue weighted by Crippen LogP contribution is -2.23. The molecule has 0 bridgehead atoms. The first-order valence-electron chi connectivity index (χ1n) is 8.58. The Morgan fingerprint density at radius 1 is 1.36 bits per heavy atom. The number of hydrogen-bond donors (Lipinski definition) is 0. The van der Waals surface area contributed by atoms with Crippen molar-refractivity contribution in [1.82, 2.24) is 4.57 Å². The molecule has 2 aromatic rings. The lowest BCUT2D eigenvalue weighted by atomic mass is 10.1. The maximum absolute atomic E-state index is 14.6. The standard InChI is InChI=1S/C19H22FNO4/c1-4-25-19(23)14-10-21(12-7-5-6-8-12)16-13(17(14)22)9-11(2)15(20)18(16)24-3/h9-10,12H,4-8H2,1-3H3. The number of hydrogen-bond acceptors (Lipinski definition) is 4. The summed E-state index contributed by atoms with van der Waals surface area (Å²) in [5, 5.41) is 0.285. The van der Waals surface area contributed by atoms with Crippen molar-refractivity contribution in [3.8, 4) is 5.75 Å². The molecule has 0 aliphatic heterocycles. The minimum atomic E-state index is -0.651. The van der Waals surface area contributed by atoms with Crippen molar-refractivity contribution in [2.45, 2.75) is 45.6 Å². The Morgan fingerprint density at radius 2 is 2.04 bits per heavy atom. The van der Waals surface area contributed by atoms with Crippen LogP contribution in [0.25, 0.3) is 10.9 Å². The molecule has 25 heavy (non-hydrogen) atoms. The van der Waals surface area contributed by atoms with Crippen molar-refractivity contribution in [3.63, 3.8) is 0 Å². The summed E-state index contributed by atoms with van der Waals surface area (Å²) < 4.78 is 26.7. The number of aryl methyl sites for hydroxylation is 1. The molecule has 1 heterocycles. The van der Waals surface area contributed by atoms with Crippen LogP contribution in [0.4, 0.5) is 4.39 Å². The fraction of sp³-hybridized carbons (Fsp3) is 0.474. The third kappa shape index (κ3) is 2.90. The third-order valence-electron chi connectivity index (χ3n) is 4.81. The van der Waals surface area contributed by atoms with E-state index in [1.54, 1.807) is 13.8 Å². The van der Waals surface area contributed by atoms with E-state index in [0.717, 1.165) is 25.7 Å². The van der Waals surface area contributed by atoms with Crippen molar-refractivity contribution in [2.75, 3.05) is 13.7 Å². The summed E-state index contributed by atoms with van der Waals surface area (Å²) in [6, 6.07) is 1.59. The van der Waals surface area contributed by atoms with Crippen LogP contribution in [0.1, 0.15) is 54.6 Å². The summed E-state index contributed by atoms with van der Waals surface area (Å²) in [7, 11) is 1.39. The van der Waals surface area contributed by atoms with Crippen LogP contribution in [0.15, 0.2) is 17.1 Å². The molecule has 5 nitrogen and oxygen atoms in total. The van der Waals surface area contributed by atoms with Gasteiger partial charge in [-0.3, -0.25) is 4.79 Å². The van der Waals surface area contributed by atoms with E-state index >= 15 is 0 Å².